The molecule has 0 fully saturated rings. The molecule has 2 rings (SSSR count). The van der Waals surface area contributed by atoms with Crippen molar-refractivity contribution in [1.82, 2.24) is 0 Å². The molecule has 1 amide bonds. The first-order chi connectivity index (χ1) is 10.5. The highest BCUT2D eigenvalue weighted by Gasteiger charge is 2.11. The van der Waals surface area contributed by atoms with Crippen LogP contribution in [0.1, 0.15) is 11.1 Å². The van der Waals surface area contributed by atoms with E-state index in [1.807, 2.05) is 43.3 Å². The summed E-state index contributed by atoms with van der Waals surface area (Å²) in [4.78, 5) is 12.3. The second kappa shape index (κ2) is 7.43. The van der Waals surface area contributed by atoms with Gasteiger partial charge in [0, 0.05) is 14.3 Å². The molecule has 110 valence electrons. The van der Waals surface area contributed by atoms with Crippen molar-refractivity contribution in [3.63, 3.8) is 0 Å². The van der Waals surface area contributed by atoms with E-state index in [9.17, 15) is 10.1 Å². The van der Waals surface area contributed by atoms with E-state index >= 15 is 0 Å². The largest absolute Gasteiger partial charge is 0.321 e. The predicted octanol–water partition coefficient (Wildman–Crippen LogP) is 4.80. The number of aryl methyl sites for hydroxylation is 1. The van der Waals surface area contributed by atoms with Crippen molar-refractivity contribution in [3.05, 3.63) is 67.8 Å². The predicted molar refractivity (Wildman–Crippen MR) is 97.6 cm³/mol. The van der Waals surface area contributed by atoms with Crippen LogP contribution in [0.4, 0.5) is 5.69 Å². The van der Waals surface area contributed by atoms with E-state index in [-0.39, 0.29) is 5.57 Å². The second-order valence-corrected chi connectivity index (χ2v) is 6.20. The van der Waals surface area contributed by atoms with E-state index < -0.39 is 5.91 Å². The van der Waals surface area contributed by atoms with Crippen LogP contribution < -0.4 is 5.32 Å². The van der Waals surface area contributed by atoms with Crippen molar-refractivity contribution in [1.29, 1.82) is 5.26 Å². The molecule has 2 aromatic rings. The van der Waals surface area contributed by atoms with Crippen LogP contribution in [0.25, 0.3) is 6.08 Å². The third-order valence-electron chi connectivity index (χ3n) is 3.02. The lowest BCUT2D eigenvalue weighted by atomic mass is 10.1. The first-order valence-corrected chi connectivity index (χ1v) is 7.91. The Kier molecular flexibility index (Phi) is 5.58. The molecule has 0 spiro atoms. The summed E-state index contributed by atoms with van der Waals surface area (Å²) in [6.07, 6.45) is 1.58. The van der Waals surface area contributed by atoms with E-state index in [0.717, 1.165) is 14.7 Å². The van der Waals surface area contributed by atoms with Crippen LogP contribution in [0.2, 0.25) is 5.02 Å². The number of nitriles is 1. The lowest BCUT2D eigenvalue weighted by Gasteiger charge is -2.08. The molecule has 0 heterocycles. The third kappa shape index (κ3) is 4.09. The molecule has 2 aromatic carbocycles. The highest BCUT2D eigenvalue weighted by atomic mass is 127. The number of hydrogen-bond acceptors (Lipinski definition) is 2. The van der Waals surface area contributed by atoms with Crippen LogP contribution >= 0.6 is 34.2 Å². The smallest absolute Gasteiger partial charge is 0.266 e. The van der Waals surface area contributed by atoms with Crippen molar-refractivity contribution in [2.75, 3.05) is 5.32 Å². The molecule has 5 heteroatoms. The number of nitrogens with zero attached hydrogens (tertiary/aromatic N) is 1. The molecular weight excluding hydrogens is 411 g/mol. The Morgan fingerprint density at radius 3 is 2.73 bits per heavy atom. The van der Waals surface area contributed by atoms with Crippen LogP contribution in [-0.4, -0.2) is 5.91 Å². The van der Waals surface area contributed by atoms with Gasteiger partial charge in [0.05, 0.1) is 0 Å². The molecule has 0 saturated heterocycles. The maximum atomic E-state index is 12.3. The number of hydrogen-bond donors (Lipinski definition) is 1. The van der Waals surface area contributed by atoms with Gasteiger partial charge >= 0.3 is 0 Å². The number of halogens is 2. The number of nitrogens with one attached hydrogen (secondary N) is 1. The Morgan fingerprint density at radius 2 is 2.05 bits per heavy atom. The lowest BCUT2D eigenvalue weighted by Crippen LogP contribution is -2.14. The number of carbonyl (C=O) groups excluding carboxylic acids is 1. The summed E-state index contributed by atoms with van der Waals surface area (Å²) >= 11 is 8.10. The summed E-state index contributed by atoms with van der Waals surface area (Å²) in [6, 6.07) is 14.7. The molecule has 0 aliphatic rings. The zero-order chi connectivity index (χ0) is 16.1. The Morgan fingerprint density at radius 1 is 1.32 bits per heavy atom. The highest BCUT2D eigenvalue weighted by Crippen LogP contribution is 2.21. The Hall–Kier alpha value is -1.84. The molecular formula is C17H12ClIN2O. The highest BCUT2D eigenvalue weighted by molar-refractivity contribution is 14.1. The van der Waals surface area contributed by atoms with Gasteiger partial charge in [0.1, 0.15) is 11.6 Å². The van der Waals surface area contributed by atoms with Crippen LogP contribution in [-0.2, 0) is 4.79 Å². The maximum absolute atomic E-state index is 12.3. The van der Waals surface area contributed by atoms with Gasteiger partial charge in [-0.2, -0.15) is 5.26 Å². The van der Waals surface area contributed by atoms with E-state index in [4.69, 9.17) is 11.6 Å². The number of amides is 1. The van der Waals surface area contributed by atoms with Gasteiger partial charge in [-0.25, -0.2) is 0 Å². The van der Waals surface area contributed by atoms with Gasteiger partial charge < -0.3 is 5.32 Å². The fourth-order valence-corrected chi connectivity index (χ4v) is 2.53. The normalized spacial score (nSPS) is 10.9. The summed E-state index contributed by atoms with van der Waals surface area (Å²) in [7, 11) is 0. The maximum Gasteiger partial charge on any atom is 0.266 e. The van der Waals surface area contributed by atoms with Gasteiger partial charge in [-0.05, 0) is 64.9 Å². The average Bonchev–Trinajstić information content (AvgIpc) is 2.50. The van der Waals surface area contributed by atoms with Gasteiger partial charge in [0.15, 0.2) is 0 Å². The van der Waals surface area contributed by atoms with Crippen molar-refractivity contribution in [2.24, 2.45) is 0 Å². The van der Waals surface area contributed by atoms with E-state index in [1.165, 1.54) is 0 Å². The van der Waals surface area contributed by atoms with Crippen LogP contribution in [0.3, 0.4) is 0 Å². The molecule has 0 saturated carbocycles. The minimum absolute atomic E-state index is 0.0449. The van der Waals surface area contributed by atoms with Gasteiger partial charge in [0.2, 0.25) is 0 Å². The summed E-state index contributed by atoms with van der Waals surface area (Å²) in [5.41, 5.74) is 2.35. The topological polar surface area (TPSA) is 52.9 Å². The average molecular weight is 423 g/mol. The number of anilines is 1. The van der Waals surface area contributed by atoms with Gasteiger partial charge in [-0.15, -0.1) is 0 Å². The molecule has 0 bridgehead atoms. The number of carbonyl (C=O) groups is 1. The summed E-state index contributed by atoms with van der Waals surface area (Å²) in [6.45, 7) is 1.86. The fourth-order valence-electron chi connectivity index (χ4n) is 1.81. The lowest BCUT2D eigenvalue weighted by molar-refractivity contribution is -0.112. The Labute approximate surface area is 147 Å². The number of benzene rings is 2. The van der Waals surface area contributed by atoms with Crippen molar-refractivity contribution < 1.29 is 4.79 Å². The summed E-state index contributed by atoms with van der Waals surface area (Å²) in [5.74, 6) is -0.451. The van der Waals surface area contributed by atoms with Crippen molar-refractivity contribution in [3.8, 4) is 6.07 Å². The molecule has 0 unspecified atom stereocenters. The van der Waals surface area contributed by atoms with Crippen molar-refractivity contribution >= 4 is 51.9 Å². The standard InChI is InChI=1S/C17H12ClIN2O/c1-11-6-7-14(18)9-16(11)21-17(22)13(10-20)8-12-4-2-3-5-15(12)19/h2-9H,1H3,(H,21,22)/b13-8-. The van der Waals surface area contributed by atoms with E-state index in [0.29, 0.717) is 10.7 Å². The zero-order valence-corrected chi connectivity index (χ0v) is 14.6. The first-order valence-electron chi connectivity index (χ1n) is 6.45. The molecule has 1 N–H and O–H groups in total. The van der Waals surface area contributed by atoms with Crippen molar-refractivity contribution in [2.45, 2.75) is 6.92 Å². The molecule has 22 heavy (non-hydrogen) atoms. The molecule has 0 aromatic heterocycles. The minimum atomic E-state index is -0.451. The van der Waals surface area contributed by atoms with Gasteiger partial charge in [-0.1, -0.05) is 35.9 Å². The minimum Gasteiger partial charge on any atom is -0.321 e. The third-order valence-corrected chi connectivity index (χ3v) is 4.24. The fraction of sp³-hybridized carbons (Fsp3) is 0.0588. The molecule has 0 radical (unpaired) electrons. The zero-order valence-electron chi connectivity index (χ0n) is 11.7. The van der Waals surface area contributed by atoms with Crippen LogP contribution in [0, 0.1) is 21.8 Å². The monoisotopic (exact) mass is 422 g/mol. The summed E-state index contributed by atoms with van der Waals surface area (Å²) in [5, 5.41) is 12.5. The van der Waals surface area contributed by atoms with Gasteiger partial charge in [-0.3, -0.25) is 4.79 Å². The number of rotatable bonds is 3. The second-order valence-electron chi connectivity index (χ2n) is 4.60. The SMILES string of the molecule is Cc1ccc(Cl)cc1NC(=O)/C(C#N)=C\c1ccccc1I. The molecule has 0 aliphatic heterocycles. The quantitative estimate of drug-likeness (QED) is 0.439. The first kappa shape index (κ1) is 16.5. The summed E-state index contributed by atoms with van der Waals surface area (Å²) < 4.78 is 0.972. The Bertz CT molecular complexity index is 793. The molecule has 0 atom stereocenters. The van der Waals surface area contributed by atoms with E-state index in [1.54, 1.807) is 18.2 Å². The van der Waals surface area contributed by atoms with Gasteiger partial charge in [0.25, 0.3) is 5.91 Å². The molecule has 3 nitrogen and oxygen atoms in total. The van der Waals surface area contributed by atoms with Crippen LogP contribution in [0.15, 0.2) is 48.0 Å². The van der Waals surface area contributed by atoms with Crippen LogP contribution in [0.5, 0.6) is 0 Å². The molecule has 0 aliphatic carbocycles. The van der Waals surface area contributed by atoms with E-state index in [2.05, 4.69) is 27.9 Å². The Balaban J connectivity index is 2.29.